The second kappa shape index (κ2) is 5.53. The zero-order valence-corrected chi connectivity index (χ0v) is 9.37. The molecule has 1 heterocycles. The molecule has 2 rings (SSSR count). The van der Waals surface area contributed by atoms with Crippen LogP contribution < -0.4 is 10.6 Å². The summed E-state index contributed by atoms with van der Waals surface area (Å²) in [6.45, 7) is 2.13. The third-order valence-electron chi connectivity index (χ3n) is 2.98. The van der Waals surface area contributed by atoms with E-state index in [1.54, 1.807) is 0 Å². The number of nitrogens with one attached hydrogen (secondary N) is 2. The second-order valence-electron chi connectivity index (χ2n) is 4.20. The predicted molar refractivity (Wildman–Crippen MR) is 65.3 cm³/mol. The summed E-state index contributed by atoms with van der Waals surface area (Å²) in [6, 6.07) is 10.4. The molecule has 0 saturated carbocycles. The number of anilines is 1. The molecule has 0 amide bonds. The number of nitriles is 1. The predicted octanol–water partition coefficient (Wildman–Crippen LogP) is 2.11. The third kappa shape index (κ3) is 2.98. The van der Waals surface area contributed by atoms with E-state index in [0.717, 1.165) is 25.2 Å². The highest BCUT2D eigenvalue weighted by Gasteiger charge is 2.12. The van der Waals surface area contributed by atoms with Gasteiger partial charge in [-0.15, -0.1) is 0 Å². The summed E-state index contributed by atoms with van der Waals surface area (Å²) in [7, 11) is 0. The second-order valence-corrected chi connectivity index (χ2v) is 4.20. The van der Waals surface area contributed by atoms with Gasteiger partial charge in [-0.05, 0) is 44.0 Å². The Morgan fingerprint density at radius 1 is 1.50 bits per heavy atom. The molecule has 0 radical (unpaired) electrons. The summed E-state index contributed by atoms with van der Waals surface area (Å²) in [4.78, 5) is 0. The number of rotatable bonds is 4. The van der Waals surface area contributed by atoms with Gasteiger partial charge in [0.05, 0.1) is 11.6 Å². The van der Waals surface area contributed by atoms with Crippen molar-refractivity contribution in [3.8, 4) is 6.07 Å². The van der Waals surface area contributed by atoms with Crippen LogP contribution in [0, 0.1) is 11.3 Å². The van der Waals surface area contributed by atoms with Crippen molar-refractivity contribution in [2.45, 2.75) is 25.3 Å². The van der Waals surface area contributed by atoms with Crippen molar-refractivity contribution in [3.05, 3.63) is 29.8 Å². The van der Waals surface area contributed by atoms with Gasteiger partial charge in [0, 0.05) is 18.3 Å². The van der Waals surface area contributed by atoms with Gasteiger partial charge in [0.1, 0.15) is 0 Å². The molecule has 1 aliphatic heterocycles. The Morgan fingerprint density at radius 2 is 2.44 bits per heavy atom. The lowest BCUT2D eigenvalue weighted by molar-refractivity contribution is 0.574. The molecule has 0 bridgehead atoms. The lowest BCUT2D eigenvalue weighted by Gasteiger charge is -2.11. The fourth-order valence-corrected chi connectivity index (χ4v) is 2.09. The summed E-state index contributed by atoms with van der Waals surface area (Å²) in [6.07, 6.45) is 3.74. The SMILES string of the molecule is N#Cc1cccc(NCC[C@@H]2CCCN2)c1. The van der Waals surface area contributed by atoms with E-state index in [-0.39, 0.29) is 0 Å². The Morgan fingerprint density at radius 3 is 3.19 bits per heavy atom. The van der Waals surface area contributed by atoms with E-state index < -0.39 is 0 Å². The van der Waals surface area contributed by atoms with E-state index in [9.17, 15) is 0 Å². The fourth-order valence-electron chi connectivity index (χ4n) is 2.09. The van der Waals surface area contributed by atoms with Gasteiger partial charge in [-0.25, -0.2) is 0 Å². The maximum absolute atomic E-state index is 8.77. The van der Waals surface area contributed by atoms with Crippen LogP contribution in [-0.4, -0.2) is 19.1 Å². The Hall–Kier alpha value is -1.53. The summed E-state index contributed by atoms with van der Waals surface area (Å²) < 4.78 is 0. The average Bonchev–Trinajstić information content (AvgIpc) is 2.82. The number of nitrogens with zero attached hydrogens (tertiary/aromatic N) is 1. The zero-order chi connectivity index (χ0) is 11.2. The molecular weight excluding hydrogens is 198 g/mol. The van der Waals surface area contributed by atoms with Crippen LogP contribution in [0.3, 0.4) is 0 Å². The molecule has 16 heavy (non-hydrogen) atoms. The van der Waals surface area contributed by atoms with Crippen molar-refractivity contribution in [2.75, 3.05) is 18.4 Å². The van der Waals surface area contributed by atoms with Crippen LogP contribution in [0.2, 0.25) is 0 Å². The molecule has 1 aromatic carbocycles. The minimum absolute atomic E-state index is 0.673. The standard InChI is InChI=1S/C13H17N3/c14-10-11-3-1-4-13(9-11)16-8-6-12-5-2-7-15-12/h1,3-4,9,12,15-16H,2,5-8H2/t12-/m0/s1. The first-order chi connectivity index (χ1) is 7.88. The number of benzene rings is 1. The van der Waals surface area contributed by atoms with Gasteiger partial charge in [0.25, 0.3) is 0 Å². The van der Waals surface area contributed by atoms with Crippen LogP contribution in [0.4, 0.5) is 5.69 Å². The Labute approximate surface area is 96.5 Å². The maximum Gasteiger partial charge on any atom is 0.0992 e. The van der Waals surface area contributed by atoms with Crippen LogP contribution >= 0.6 is 0 Å². The Balaban J connectivity index is 1.78. The van der Waals surface area contributed by atoms with Crippen LogP contribution in [0.5, 0.6) is 0 Å². The highest BCUT2D eigenvalue weighted by Crippen LogP contribution is 2.12. The minimum Gasteiger partial charge on any atom is -0.385 e. The normalized spacial score (nSPS) is 19.3. The van der Waals surface area contributed by atoms with Gasteiger partial charge in [-0.3, -0.25) is 0 Å². The summed E-state index contributed by atoms with van der Waals surface area (Å²) >= 11 is 0. The van der Waals surface area contributed by atoms with E-state index in [2.05, 4.69) is 16.7 Å². The molecule has 1 atom stereocenters. The molecule has 84 valence electrons. The largest absolute Gasteiger partial charge is 0.385 e. The van der Waals surface area contributed by atoms with Gasteiger partial charge in [0.2, 0.25) is 0 Å². The molecule has 3 heteroatoms. The average molecular weight is 215 g/mol. The maximum atomic E-state index is 8.77. The van der Waals surface area contributed by atoms with Gasteiger partial charge in [-0.2, -0.15) is 5.26 Å². The van der Waals surface area contributed by atoms with Gasteiger partial charge in [-0.1, -0.05) is 6.07 Å². The van der Waals surface area contributed by atoms with E-state index in [4.69, 9.17) is 5.26 Å². The van der Waals surface area contributed by atoms with Crippen LogP contribution in [0.1, 0.15) is 24.8 Å². The fraction of sp³-hybridized carbons (Fsp3) is 0.462. The quantitative estimate of drug-likeness (QED) is 0.808. The molecule has 2 N–H and O–H groups in total. The lowest BCUT2D eigenvalue weighted by Crippen LogP contribution is -2.24. The van der Waals surface area contributed by atoms with Crippen molar-refractivity contribution >= 4 is 5.69 Å². The molecule has 1 fully saturated rings. The smallest absolute Gasteiger partial charge is 0.0992 e. The van der Waals surface area contributed by atoms with Crippen LogP contribution in [-0.2, 0) is 0 Å². The highest BCUT2D eigenvalue weighted by molar-refractivity contribution is 5.48. The third-order valence-corrected chi connectivity index (χ3v) is 2.98. The Bertz CT molecular complexity index is 375. The van der Waals surface area contributed by atoms with Gasteiger partial charge in [0.15, 0.2) is 0 Å². The molecule has 0 aliphatic carbocycles. The minimum atomic E-state index is 0.673. The van der Waals surface area contributed by atoms with Crippen molar-refractivity contribution in [2.24, 2.45) is 0 Å². The van der Waals surface area contributed by atoms with Crippen LogP contribution in [0.25, 0.3) is 0 Å². The molecule has 3 nitrogen and oxygen atoms in total. The first kappa shape index (κ1) is 11.0. The number of hydrogen-bond donors (Lipinski definition) is 2. The summed E-state index contributed by atoms with van der Waals surface area (Å²) in [5.74, 6) is 0. The van der Waals surface area contributed by atoms with Crippen molar-refractivity contribution < 1.29 is 0 Å². The Kier molecular flexibility index (Phi) is 3.79. The topological polar surface area (TPSA) is 47.9 Å². The molecule has 0 unspecified atom stereocenters. The van der Waals surface area contributed by atoms with Gasteiger partial charge < -0.3 is 10.6 Å². The van der Waals surface area contributed by atoms with Crippen molar-refractivity contribution in [1.82, 2.24) is 5.32 Å². The molecule has 1 aromatic rings. The molecule has 1 saturated heterocycles. The first-order valence-corrected chi connectivity index (χ1v) is 5.86. The zero-order valence-electron chi connectivity index (χ0n) is 9.37. The molecule has 0 spiro atoms. The lowest BCUT2D eigenvalue weighted by atomic mass is 10.1. The number of hydrogen-bond acceptors (Lipinski definition) is 3. The summed E-state index contributed by atoms with van der Waals surface area (Å²) in [5.41, 5.74) is 1.75. The molecule has 1 aliphatic rings. The van der Waals surface area contributed by atoms with E-state index in [1.165, 1.54) is 12.8 Å². The van der Waals surface area contributed by atoms with Gasteiger partial charge >= 0.3 is 0 Å². The molecule has 0 aromatic heterocycles. The van der Waals surface area contributed by atoms with E-state index in [1.807, 2.05) is 24.3 Å². The molecular formula is C13H17N3. The summed E-state index contributed by atoms with van der Waals surface area (Å²) in [5, 5.41) is 15.6. The monoisotopic (exact) mass is 215 g/mol. The van der Waals surface area contributed by atoms with E-state index >= 15 is 0 Å². The highest BCUT2D eigenvalue weighted by atomic mass is 14.9. The van der Waals surface area contributed by atoms with E-state index in [0.29, 0.717) is 11.6 Å². The van der Waals surface area contributed by atoms with Crippen molar-refractivity contribution in [3.63, 3.8) is 0 Å². The first-order valence-electron chi connectivity index (χ1n) is 5.86. The van der Waals surface area contributed by atoms with Crippen molar-refractivity contribution in [1.29, 1.82) is 5.26 Å². The van der Waals surface area contributed by atoms with Crippen LogP contribution in [0.15, 0.2) is 24.3 Å².